The van der Waals surface area contributed by atoms with Crippen molar-refractivity contribution < 1.29 is 4.79 Å². The first-order valence-electron chi connectivity index (χ1n) is 5.89. The number of nitrogens with zero attached hydrogens (tertiary/aromatic N) is 1. The van der Waals surface area contributed by atoms with Gasteiger partial charge in [-0.15, -0.1) is 0 Å². The number of carbonyl (C=O) groups is 1. The van der Waals surface area contributed by atoms with Crippen LogP contribution < -0.4 is 0 Å². The van der Waals surface area contributed by atoms with Crippen LogP contribution >= 0.6 is 0 Å². The van der Waals surface area contributed by atoms with Gasteiger partial charge < -0.3 is 0 Å². The molecule has 1 saturated heterocycles. The molecule has 1 rings (SSSR count). The predicted molar refractivity (Wildman–Crippen MR) is 59.3 cm³/mol. The van der Waals surface area contributed by atoms with E-state index in [1.54, 1.807) is 0 Å². The minimum atomic E-state index is 0.411. The maximum Gasteiger partial charge on any atom is 0.146 e. The summed E-state index contributed by atoms with van der Waals surface area (Å²) in [5, 5.41) is 0. The van der Waals surface area contributed by atoms with Crippen molar-refractivity contribution in [1.82, 2.24) is 4.90 Å². The summed E-state index contributed by atoms with van der Waals surface area (Å²) in [6, 6.07) is 0.597. The van der Waals surface area contributed by atoms with Crippen LogP contribution in [0.4, 0.5) is 0 Å². The second-order valence-electron chi connectivity index (χ2n) is 4.74. The maximum atomic E-state index is 11.5. The first-order valence-corrected chi connectivity index (χ1v) is 5.89. The molecule has 0 radical (unpaired) electrons. The fraction of sp³-hybridized carbons (Fsp3) is 0.917. The van der Waals surface area contributed by atoms with Crippen LogP contribution in [0.25, 0.3) is 0 Å². The highest BCUT2D eigenvalue weighted by Crippen LogP contribution is 2.21. The van der Waals surface area contributed by atoms with E-state index < -0.39 is 0 Å². The molecule has 0 spiro atoms. The maximum absolute atomic E-state index is 11.5. The molecule has 1 aliphatic heterocycles. The molecule has 0 bridgehead atoms. The van der Waals surface area contributed by atoms with Crippen molar-refractivity contribution in [3.05, 3.63) is 0 Å². The highest BCUT2D eigenvalue weighted by molar-refractivity contribution is 5.80. The van der Waals surface area contributed by atoms with Gasteiger partial charge in [0.25, 0.3) is 0 Å². The summed E-state index contributed by atoms with van der Waals surface area (Å²) in [5.74, 6) is 1.25. The molecule has 2 atom stereocenters. The Morgan fingerprint density at radius 3 is 2.71 bits per heavy atom. The summed E-state index contributed by atoms with van der Waals surface area (Å²) in [6.45, 7) is 8.41. The van der Waals surface area contributed by atoms with E-state index in [-0.39, 0.29) is 0 Å². The molecule has 0 aromatic carbocycles. The van der Waals surface area contributed by atoms with Gasteiger partial charge in [-0.3, -0.25) is 9.69 Å². The number of hydrogen-bond acceptors (Lipinski definition) is 2. The van der Waals surface area contributed by atoms with E-state index in [1.807, 2.05) is 0 Å². The summed E-state index contributed by atoms with van der Waals surface area (Å²) in [4.78, 5) is 13.8. The van der Waals surface area contributed by atoms with E-state index in [0.717, 1.165) is 25.3 Å². The Bertz CT molecular complexity index is 191. The van der Waals surface area contributed by atoms with Crippen LogP contribution in [-0.4, -0.2) is 29.8 Å². The second-order valence-corrected chi connectivity index (χ2v) is 4.74. The van der Waals surface area contributed by atoms with Gasteiger partial charge in [0.05, 0.1) is 6.54 Å². The lowest BCUT2D eigenvalue weighted by Crippen LogP contribution is -2.42. The van der Waals surface area contributed by atoms with Crippen molar-refractivity contribution in [2.24, 2.45) is 5.92 Å². The average Bonchev–Trinajstić information content (AvgIpc) is 2.10. The van der Waals surface area contributed by atoms with Crippen LogP contribution in [0.15, 0.2) is 0 Å². The first kappa shape index (κ1) is 11.7. The van der Waals surface area contributed by atoms with Crippen LogP contribution in [0.5, 0.6) is 0 Å². The van der Waals surface area contributed by atoms with Gasteiger partial charge in [0.15, 0.2) is 0 Å². The van der Waals surface area contributed by atoms with Gasteiger partial charge in [0.2, 0.25) is 0 Å². The third-order valence-corrected chi connectivity index (χ3v) is 3.18. The number of carbonyl (C=O) groups excluding carboxylic acids is 1. The van der Waals surface area contributed by atoms with Crippen molar-refractivity contribution >= 4 is 5.78 Å². The monoisotopic (exact) mass is 197 g/mol. The largest absolute Gasteiger partial charge is 0.298 e. The quantitative estimate of drug-likeness (QED) is 0.690. The fourth-order valence-electron chi connectivity index (χ4n) is 2.28. The standard InChI is InChI=1S/C12H23NO/c1-4-5-12(14)9-13-7-6-10(2)8-11(13)3/h10-11H,4-9H2,1-3H3. The predicted octanol–water partition coefficient (Wildman–Crippen LogP) is 2.48. The van der Waals surface area contributed by atoms with Gasteiger partial charge in [0.1, 0.15) is 5.78 Å². The number of Topliss-reactive ketones (excluding diaryl/α,β-unsaturated/α-hetero) is 1. The molecule has 0 aromatic heterocycles. The molecule has 82 valence electrons. The summed E-state index contributed by atoms with van der Waals surface area (Å²) in [5.41, 5.74) is 0. The van der Waals surface area contributed by atoms with E-state index in [2.05, 4.69) is 25.7 Å². The number of hydrogen-bond donors (Lipinski definition) is 0. The van der Waals surface area contributed by atoms with E-state index in [4.69, 9.17) is 0 Å². The zero-order chi connectivity index (χ0) is 10.6. The van der Waals surface area contributed by atoms with Crippen LogP contribution in [0.3, 0.4) is 0 Å². The number of rotatable bonds is 4. The van der Waals surface area contributed by atoms with E-state index in [0.29, 0.717) is 18.4 Å². The molecule has 1 aliphatic rings. The van der Waals surface area contributed by atoms with Crippen molar-refractivity contribution in [3.63, 3.8) is 0 Å². The number of likely N-dealkylation sites (tertiary alicyclic amines) is 1. The lowest BCUT2D eigenvalue weighted by molar-refractivity contribution is -0.121. The lowest BCUT2D eigenvalue weighted by Gasteiger charge is -2.35. The second kappa shape index (κ2) is 5.50. The van der Waals surface area contributed by atoms with Crippen LogP contribution in [0, 0.1) is 5.92 Å². The average molecular weight is 197 g/mol. The molecular weight excluding hydrogens is 174 g/mol. The minimum absolute atomic E-state index is 0.411. The normalized spacial score (nSPS) is 29.1. The molecule has 14 heavy (non-hydrogen) atoms. The van der Waals surface area contributed by atoms with Gasteiger partial charge in [-0.1, -0.05) is 13.8 Å². The van der Waals surface area contributed by atoms with E-state index in [9.17, 15) is 4.79 Å². The van der Waals surface area contributed by atoms with Crippen molar-refractivity contribution in [2.45, 2.75) is 52.5 Å². The Kier molecular flexibility index (Phi) is 4.59. The minimum Gasteiger partial charge on any atom is -0.298 e. The fourth-order valence-corrected chi connectivity index (χ4v) is 2.28. The Labute approximate surface area is 87.7 Å². The Morgan fingerprint density at radius 1 is 1.43 bits per heavy atom. The molecule has 0 aromatic rings. The van der Waals surface area contributed by atoms with Gasteiger partial charge in [-0.05, 0) is 38.6 Å². The van der Waals surface area contributed by atoms with E-state index >= 15 is 0 Å². The van der Waals surface area contributed by atoms with Crippen LogP contribution in [-0.2, 0) is 4.79 Å². The molecular formula is C12H23NO. The molecule has 0 amide bonds. The van der Waals surface area contributed by atoms with E-state index in [1.165, 1.54) is 12.8 Å². The van der Waals surface area contributed by atoms with Crippen molar-refractivity contribution in [1.29, 1.82) is 0 Å². The Hall–Kier alpha value is -0.370. The highest BCUT2D eigenvalue weighted by atomic mass is 16.1. The Morgan fingerprint density at radius 2 is 2.14 bits per heavy atom. The topological polar surface area (TPSA) is 20.3 Å². The summed E-state index contributed by atoms with van der Waals surface area (Å²) >= 11 is 0. The van der Waals surface area contributed by atoms with Crippen molar-refractivity contribution in [3.8, 4) is 0 Å². The summed E-state index contributed by atoms with van der Waals surface area (Å²) < 4.78 is 0. The van der Waals surface area contributed by atoms with Gasteiger partial charge in [0, 0.05) is 12.5 Å². The molecule has 0 saturated carbocycles. The number of ketones is 1. The molecule has 1 heterocycles. The SMILES string of the molecule is CCCC(=O)CN1CCC(C)CC1C. The zero-order valence-electron chi connectivity index (χ0n) is 9.75. The lowest BCUT2D eigenvalue weighted by atomic mass is 9.93. The number of piperidine rings is 1. The van der Waals surface area contributed by atoms with Crippen molar-refractivity contribution in [2.75, 3.05) is 13.1 Å². The summed E-state index contributed by atoms with van der Waals surface area (Å²) in [6.07, 6.45) is 4.24. The third-order valence-electron chi connectivity index (χ3n) is 3.18. The molecule has 2 unspecified atom stereocenters. The zero-order valence-corrected chi connectivity index (χ0v) is 9.75. The van der Waals surface area contributed by atoms with Crippen LogP contribution in [0.2, 0.25) is 0 Å². The summed E-state index contributed by atoms with van der Waals surface area (Å²) in [7, 11) is 0. The third kappa shape index (κ3) is 3.41. The molecule has 1 fully saturated rings. The Balaban J connectivity index is 2.33. The molecule has 2 heteroatoms. The first-order chi connectivity index (χ1) is 6.63. The van der Waals surface area contributed by atoms with Gasteiger partial charge >= 0.3 is 0 Å². The van der Waals surface area contributed by atoms with Gasteiger partial charge in [-0.25, -0.2) is 0 Å². The molecule has 0 N–H and O–H groups in total. The smallest absolute Gasteiger partial charge is 0.146 e. The molecule has 0 aliphatic carbocycles. The molecule has 2 nitrogen and oxygen atoms in total. The van der Waals surface area contributed by atoms with Gasteiger partial charge in [-0.2, -0.15) is 0 Å². The highest BCUT2D eigenvalue weighted by Gasteiger charge is 2.23. The van der Waals surface area contributed by atoms with Crippen LogP contribution in [0.1, 0.15) is 46.5 Å².